The van der Waals surface area contributed by atoms with Gasteiger partial charge in [0.1, 0.15) is 23.9 Å². The zero-order valence-electron chi connectivity index (χ0n) is 32.8. The SMILES string of the molecule is CCc1cc(N2C(=S)N(c3ccc(C#N)c(C(F)(F)F)c3)C(=O)C2(C)C)ccc1OCCN1CCN(CC(=O)Nc2cccc(NC3CCC(=O)NC3=O)c2)CC1CO. The number of amides is 4. The minimum absolute atomic E-state index is 0.00578. The Labute approximate surface area is 344 Å². The summed E-state index contributed by atoms with van der Waals surface area (Å²) in [5, 5.41) is 27.8. The van der Waals surface area contributed by atoms with Gasteiger partial charge in [0, 0.05) is 55.7 Å². The van der Waals surface area contributed by atoms with E-state index in [4.69, 9.17) is 17.0 Å². The number of ether oxygens (including phenoxy) is 1. The monoisotopic (exact) mass is 834 g/mol. The lowest BCUT2D eigenvalue weighted by molar-refractivity contribution is -0.138. The van der Waals surface area contributed by atoms with Crippen LogP contribution in [0.5, 0.6) is 5.75 Å². The molecule has 3 aliphatic heterocycles. The normalized spacial score (nSPS) is 20.0. The number of alkyl halides is 3. The van der Waals surface area contributed by atoms with Crippen molar-refractivity contribution in [2.75, 3.05) is 66.4 Å². The average Bonchev–Trinajstić information content (AvgIpc) is 3.37. The molecule has 0 bridgehead atoms. The van der Waals surface area contributed by atoms with Crippen LogP contribution in [0.25, 0.3) is 0 Å². The Bertz CT molecular complexity index is 2180. The second-order valence-electron chi connectivity index (χ2n) is 15.0. The van der Waals surface area contributed by atoms with E-state index in [1.807, 2.05) is 17.9 Å². The van der Waals surface area contributed by atoms with Crippen LogP contribution in [0.4, 0.5) is 35.9 Å². The molecule has 6 rings (SSSR count). The van der Waals surface area contributed by atoms with Crippen LogP contribution >= 0.6 is 12.2 Å². The predicted octanol–water partition coefficient (Wildman–Crippen LogP) is 4.27. The van der Waals surface area contributed by atoms with E-state index in [0.717, 1.165) is 22.6 Å². The molecule has 3 aromatic rings. The molecule has 312 valence electrons. The van der Waals surface area contributed by atoms with Gasteiger partial charge in [-0.05, 0) is 99.1 Å². The van der Waals surface area contributed by atoms with Crippen molar-refractivity contribution in [2.24, 2.45) is 0 Å². The van der Waals surface area contributed by atoms with Gasteiger partial charge in [-0.3, -0.25) is 39.2 Å². The lowest BCUT2D eigenvalue weighted by Gasteiger charge is -2.40. The van der Waals surface area contributed by atoms with E-state index in [1.165, 1.54) is 6.07 Å². The van der Waals surface area contributed by atoms with Crippen molar-refractivity contribution in [3.8, 4) is 11.8 Å². The van der Waals surface area contributed by atoms with Crippen LogP contribution in [0.1, 0.15) is 50.3 Å². The van der Waals surface area contributed by atoms with Crippen molar-refractivity contribution in [1.82, 2.24) is 15.1 Å². The van der Waals surface area contributed by atoms with Crippen molar-refractivity contribution in [1.29, 1.82) is 5.26 Å². The molecule has 0 spiro atoms. The van der Waals surface area contributed by atoms with Crippen LogP contribution < -0.4 is 30.5 Å². The summed E-state index contributed by atoms with van der Waals surface area (Å²) in [5.74, 6) is -0.832. The van der Waals surface area contributed by atoms with E-state index in [1.54, 1.807) is 61.2 Å². The first-order chi connectivity index (χ1) is 28.0. The van der Waals surface area contributed by atoms with Gasteiger partial charge >= 0.3 is 6.18 Å². The van der Waals surface area contributed by atoms with E-state index in [2.05, 4.69) is 20.9 Å². The number of piperidine rings is 1. The molecule has 2 atom stereocenters. The van der Waals surface area contributed by atoms with Crippen LogP contribution in [0.15, 0.2) is 60.7 Å². The summed E-state index contributed by atoms with van der Waals surface area (Å²) in [7, 11) is 0. The maximum Gasteiger partial charge on any atom is 0.417 e. The molecule has 3 saturated heterocycles. The number of rotatable bonds is 13. The molecule has 59 heavy (non-hydrogen) atoms. The number of benzene rings is 3. The molecule has 14 nitrogen and oxygen atoms in total. The molecule has 4 N–H and O–H groups in total. The van der Waals surface area contributed by atoms with Gasteiger partial charge < -0.3 is 25.4 Å². The fourth-order valence-corrected chi connectivity index (χ4v) is 8.07. The standard InChI is InChI=1S/C41H45F3N8O6S/c1-4-25-18-30(52-39(59)51(38(57)40(52,2)3)29-9-8-26(21-45)32(20-29)41(42,43)44)10-12-34(25)58-17-16-50-15-14-49(22-31(50)24-53)23-36(55)47-28-7-5-6-27(19-28)46-33-11-13-35(54)48-37(33)56/h5-10,12,18-20,31,33,46,53H,4,11,13-17,22-24H2,1-3H3,(H,47,55)(H,48,54,56). The second kappa shape index (κ2) is 17.7. The lowest BCUT2D eigenvalue weighted by atomic mass is 10.0. The average molecular weight is 835 g/mol. The molecule has 3 aliphatic rings. The number of nitriles is 1. The number of carbonyl (C=O) groups is 4. The number of nitrogens with zero attached hydrogens (tertiary/aromatic N) is 5. The Morgan fingerprint density at radius 2 is 1.81 bits per heavy atom. The highest BCUT2D eigenvalue weighted by molar-refractivity contribution is 7.81. The maximum absolute atomic E-state index is 13.8. The number of aryl methyl sites for hydroxylation is 1. The number of anilines is 4. The Kier molecular flexibility index (Phi) is 12.9. The molecule has 0 aliphatic carbocycles. The van der Waals surface area contributed by atoms with Gasteiger partial charge in [0.15, 0.2) is 5.11 Å². The van der Waals surface area contributed by atoms with Crippen LogP contribution in [-0.4, -0.2) is 107 Å². The highest BCUT2D eigenvalue weighted by Gasteiger charge is 2.51. The van der Waals surface area contributed by atoms with Crippen molar-refractivity contribution < 1.29 is 42.2 Å². The highest BCUT2D eigenvalue weighted by Crippen LogP contribution is 2.40. The van der Waals surface area contributed by atoms with E-state index < -0.39 is 34.8 Å². The third kappa shape index (κ3) is 9.49. The quantitative estimate of drug-likeness (QED) is 0.143. The number of aliphatic hydroxyl groups is 1. The van der Waals surface area contributed by atoms with E-state index >= 15 is 0 Å². The van der Waals surface area contributed by atoms with E-state index in [9.17, 15) is 42.7 Å². The van der Waals surface area contributed by atoms with Gasteiger partial charge in [-0.1, -0.05) is 13.0 Å². The fraction of sp³-hybridized carbons (Fsp3) is 0.415. The van der Waals surface area contributed by atoms with Gasteiger partial charge in [-0.15, -0.1) is 0 Å². The second-order valence-corrected chi connectivity index (χ2v) is 15.4. The zero-order valence-corrected chi connectivity index (χ0v) is 33.6. The van der Waals surface area contributed by atoms with Gasteiger partial charge in [0.2, 0.25) is 17.7 Å². The van der Waals surface area contributed by atoms with Crippen molar-refractivity contribution in [3.05, 3.63) is 77.4 Å². The fourth-order valence-electron chi connectivity index (χ4n) is 7.55. The van der Waals surface area contributed by atoms with Gasteiger partial charge in [0.25, 0.3) is 5.91 Å². The molecule has 0 aromatic heterocycles. The summed E-state index contributed by atoms with van der Waals surface area (Å²) in [6.45, 7) is 7.63. The Morgan fingerprint density at radius 1 is 1.07 bits per heavy atom. The smallest absolute Gasteiger partial charge is 0.417 e. The first-order valence-corrected chi connectivity index (χ1v) is 19.6. The number of carbonyl (C=O) groups excluding carboxylic acids is 4. The first kappa shape index (κ1) is 43.0. The third-order valence-electron chi connectivity index (χ3n) is 10.7. The summed E-state index contributed by atoms with van der Waals surface area (Å²) in [6.07, 6.45) is -3.62. The van der Waals surface area contributed by atoms with Crippen LogP contribution in [0, 0.1) is 11.3 Å². The third-order valence-corrected chi connectivity index (χ3v) is 11.0. The number of thiocarbonyl (C=S) groups is 1. The number of imide groups is 1. The first-order valence-electron chi connectivity index (χ1n) is 19.2. The molecule has 18 heteroatoms. The van der Waals surface area contributed by atoms with Crippen LogP contribution in [-0.2, 0) is 31.8 Å². The zero-order chi connectivity index (χ0) is 42.6. The van der Waals surface area contributed by atoms with Gasteiger partial charge in [-0.2, -0.15) is 18.4 Å². The van der Waals surface area contributed by atoms with Crippen LogP contribution in [0.2, 0.25) is 0 Å². The molecule has 0 radical (unpaired) electrons. The Hall–Kier alpha value is -5.61. The molecule has 3 heterocycles. The Balaban J connectivity index is 1.03. The van der Waals surface area contributed by atoms with Gasteiger partial charge in [-0.25, -0.2) is 0 Å². The van der Waals surface area contributed by atoms with E-state index in [-0.39, 0.29) is 54.1 Å². The van der Waals surface area contributed by atoms with Crippen molar-refractivity contribution in [2.45, 2.75) is 63.8 Å². The minimum atomic E-state index is -4.81. The number of hydrogen-bond donors (Lipinski definition) is 4. The maximum atomic E-state index is 13.8. The Morgan fingerprint density at radius 3 is 2.51 bits per heavy atom. The summed E-state index contributed by atoms with van der Waals surface area (Å²) >= 11 is 5.70. The number of halogens is 3. The highest BCUT2D eigenvalue weighted by atomic mass is 32.1. The summed E-state index contributed by atoms with van der Waals surface area (Å²) < 4.78 is 47.6. The molecule has 3 fully saturated rings. The summed E-state index contributed by atoms with van der Waals surface area (Å²) in [5.41, 5.74) is -0.499. The summed E-state index contributed by atoms with van der Waals surface area (Å²) in [4.78, 5) is 57.1. The molecule has 0 saturated carbocycles. The minimum Gasteiger partial charge on any atom is -0.492 e. The number of aliphatic hydroxyl groups excluding tert-OH is 1. The van der Waals surface area contributed by atoms with Crippen molar-refractivity contribution >= 4 is 63.7 Å². The van der Waals surface area contributed by atoms with Crippen LogP contribution in [0.3, 0.4) is 0 Å². The molecular weight excluding hydrogens is 790 g/mol. The summed E-state index contributed by atoms with van der Waals surface area (Å²) in [6, 6.07) is 16.2. The number of piperazine rings is 1. The molecular formula is C41H45F3N8O6S. The molecule has 4 amide bonds. The largest absolute Gasteiger partial charge is 0.492 e. The van der Waals surface area contributed by atoms with E-state index in [0.29, 0.717) is 68.4 Å². The predicted molar refractivity (Wildman–Crippen MR) is 218 cm³/mol. The molecule has 3 aromatic carbocycles. The van der Waals surface area contributed by atoms with Gasteiger partial charge in [0.05, 0.1) is 36.0 Å². The molecule has 2 unspecified atom stereocenters. The topological polar surface area (TPSA) is 171 Å². The van der Waals surface area contributed by atoms with Crippen molar-refractivity contribution in [3.63, 3.8) is 0 Å². The number of hydrogen-bond acceptors (Lipinski definition) is 11. The number of nitrogens with one attached hydrogen (secondary N) is 3. The lowest BCUT2D eigenvalue weighted by Crippen LogP contribution is -2.56.